The third-order valence-electron chi connectivity index (χ3n) is 2.25. The van der Waals surface area contributed by atoms with Gasteiger partial charge in [0.05, 0.1) is 0 Å². The van der Waals surface area contributed by atoms with E-state index in [-0.39, 0.29) is 6.04 Å². The van der Waals surface area contributed by atoms with Gasteiger partial charge in [-0.3, -0.25) is 0 Å². The molecule has 1 aromatic heterocycles. The second-order valence-corrected chi connectivity index (χ2v) is 11.9. The summed E-state index contributed by atoms with van der Waals surface area (Å²) in [5.41, 5.74) is 7.27. The fraction of sp³-hybridized carbons (Fsp3) is 0.636. The molecule has 1 radical (unpaired) electrons. The quantitative estimate of drug-likeness (QED) is 0.749. The van der Waals surface area contributed by atoms with E-state index >= 15 is 0 Å². The summed E-state index contributed by atoms with van der Waals surface area (Å²) in [6.45, 7) is 4.96. The number of halogens is 1. The van der Waals surface area contributed by atoms with Crippen molar-refractivity contribution in [1.82, 2.24) is 0 Å². The van der Waals surface area contributed by atoms with Crippen LogP contribution in [0.2, 0.25) is 4.44 Å². The number of hydrogen-bond acceptors (Lipinski definition) is 3. The molecule has 91 valence electrons. The zero-order chi connectivity index (χ0) is 12.0. The van der Waals surface area contributed by atoms with Crippen LogP contribution < -0.4 is 5.73 Å². The topological polar surface area (TPSA) is 35.2 Å². The molecule has 1 heterocycles. The Bertz CT molecular complexity index is 306. The second-order valence-electron chi connectivity index (χ2n) is 3.80. The van der Waals surface area contributed by atoms with Gasteiger partial charge in [0.2, 0.25) is 0 Å². The molecule has 0 saturated heterocycles. The SMILES string of the molecule is CCC[O][Sn]([Cl])[CH2]Cc1ccsc1C(C)N. The molecule has 0 aliphatic rings. The molecule has 2 N–H and O–H groups in total. The van der Waals surface area contributed by atoms with E-state index < -0.39 is 19.0 Å². The van der Waals surface area contributed by atoms with Crippen LogP contribution in [0.3, 0.4) is 0 Å². The zero-order valence-corrected chi connectivity index (χ0v) is 14.3. The number of aryl methyl sites for hydroxylation is 1. The Hall–Kier alpha value is 0.709. The maximum atomic E-state index is 6.26. The van der Waals surface area contributed by atoms with Crippen molar-refractivity contribution in [2.75, 3.05) is 6.61 Å². The molecule has 0 spiro atoms. The first-order valence-corrected chi connectivity index (χ1v) is 13.3. The van der Waals surface area contributed by atoms with E-state index in [2.05, 4.69) is 18.4 Å². The predicted molar refractivity (Wildman–Crippen MR) is 73.3 cm³/mol. The molecule has 0 amide bonds. The van der Waals surface area contributed by atoms with E-state index in [0.717, 1.165) is 23.9 Å². The number of rotatable bonds is 7. The Labute approximate surface area is 113 Å². The van der Waals surface area contributed by atoms with Crippen molar-refractivity contribution in [3.8, 4) is 0 Å². The monoisotopic (exact) mass is 368 g/mol. The molecule has 0 saturated carbocycles. The molecule has 0 bridgehead atoms. The third kappa shape index (κ3) is 4.92. The van der Waals surface area contributed by atoms with Crippen molar-refractivity contribution in [2.24, 2.45) is 5.73 Å². The molecule has 1 atom stereocenters. The van der Waals surface area contributed by atoms with Crippen molar-refractivity contribution in [3.63, 3.8) is 0 Å². The Morgan fingerprint density at radius 3 is 3.00 bits per heavy atom. The molecular formula is C11H19ClNOSSn. The van der Waals surface area contributed by atoms with Crippen molar-refractivity contribution in [2.45, 2.75) is 37.2 Å². The van der Waals surface area contributed by atoms with Gasteiger partial charge in [0.1, 0.15) is 0 Å². The van der Waals surface area contributed by atoms with Gasteiger partial charge >= 0.3 is 114 Å². The van der Waals surface area contributed by atoms with Crippen LogP contribution in [-0.2, 0) is 9.49 Å². The second kappa shape index (κ2) is 7.92. The molecule has 0 aliphatic heterocycles. The Morgan fingerprint density at radius 1 is 1.62 bits per heavy atom. The number of thiophene rings is 1. The van der Waals surface area contributed by atoms with Crippen LogP contribution in [0.1, 0.15) is 36.8 Å². The van der Waals surface area contributed by atoms with Gasteiger partial charge in [-0.1, -0.05) is 0 Å². The molecular weight excluding hydrogens is 348 g/mol. The van der Waals surface area contributed by atoms with Gasteiger partial charge in [-0.2, -0.15) is 0 Å². The molecule has 2 nitrogen and oxygen atoms in total. The van der Waals surface area contributed by atoms with Crippen molar-refractivity contribution in [1.29, 1.82) is 0 Å². The molecule has 1 aromatic rings. The van der Waals surface area contributed by atoms with Crippen LogP contribution in [0.25, 0.3) is 0 Å². The molecule has 0 aliphatic carbocycles. The minimum atomic E-state index is -2.02. The van der Waals surface area contributed by atoms with E-state index in [0.29, 0.717) is 0 Å². The molecule has 1 rings (SSSR count). The van der Waals surface area contributed by atoms with Crippen molar-refractivity contribution in [3.05, 3.63) is 21.9 Å². The zero-order valence-electron chi connectivity index (χ0n) is 9.83. The molecule has 0 fully saturated rings. The van der Waals surface area contributed by atoms with E-state index in [1.807, 2.05) is 6.92 Å². The normalized spacial score (nSPS) is 13.3. The van der Waals surface area contributed by atoms with E-state index in [1.54, 1.807) is 11.3 Å². The minimum absolute atomic E-state index is 0.133. The fourth-order valence-electron chi connectivity index (χ4n) is 1.47. The molecule has 0 aromatic carbocycles. The number of nitrogens with two attached hydrogens (primary N) is 1. The van der Waals surface area contributed by atoms with Gasteiger partial charge in [-0.05, 0) is 0 Å². The first-order valence-electron chi connectivity index (χ1n) is 5.61. The standard InChI is InChI=1S/C8H12NS.C3H7O.ClH.Sn/c1-3-7-4-5-10-8(7)6(2)9;1-2-3-4;;/h4-6H,1,3,9H2,2H3;2-3H2,1H3;1H;/q;-1;;+2/p-1. The number of hydrogen-bond donors (Lipinski definition) is 1. The van der Waals surface area contributed by atoms with Gasteiger partial charge in [-0.25, -0.2) is 0 Å². The Balaban J connectivity index is 2.39. The Kier molecular flexibility index (Phi) is 7.31. The summed E-state index contributed by atoms with van der Waals surface area (Å²) in [5.74, 6) is 0. The summed E-state index contributed by atoms with van der Waals surface area (Å²) >= 11 is -0.282. The summed E-state index contributed by atoms with van der Waals surface area (Å²) in [6, 6.07) is 2.30. The van der Waals surface area contributed by atoms with Crippen LogP contribution >= 0.6 is 20.3 Å². The van der Waals surface area contributed by atoms with Crippen LogP contribution in [0.4, 0.5) is 0 Å². The van der Waals surface area contributed by atoms with Gasteiger partial charge in [-0.15, -0.1) is 0 Å². The van der Waals surface area contributed by atoms with Crippen molar-refractivity contribution < 1.29 is 3.07 Å². The Morgan fingerprint density at radius 2 is 2.38 bits per heavy atom. The van der Waals surface area contributed by atoms with Gasteiger partial charge in [0.15, 0.2) is 0 Å². The molecule has 1 unspecified atom stereocenters. The summed E-state index contributed by atoms with van der Waals surface area (Å²) in [5, 5.41) is 2.11. The van der Waals surface area contributed by atoms with Crippen LogP contribution in [0, 0.1) is 0 Å². The van der Waals surface area contributed by atoms with Gasteiger partial charge in [0.25, 0.3) is 0 Å². The van der Waals surface area contributed by atoms with Crippen LogP contribution in [-0.4, -0.2) is 25.7 Å². The summed E-state index contributed by atoms with van der Waals surface area (Å²) in [4.78, 5) is 1.29. The van der Waals surface area contributed by atoms with E-state index in [9.17, 15) is 0 Å². The molecule has 16 heavy (non-hydrogen) atoms. The summed E-state index contributed by atoms with van der Waals surface area (Å²) in [7, 11) is 6.26. The summed E-state index contributed by atoms with van der Waals surface area (Å²) in [6.07, 6.45) is 2.09. The average Bonchev–Trinajstić information content (AvgIpc) is 2.71. The predicted octanol–water partition coefficient (Wildman–Crippen LogP) is 3.46. The van der Waals surface area contributed by atoms with Crippen molar-refractivity contribution >= 4 is 39.3 Å². The van der Waals surface area contributed by atoms with Gasteiger partial charge in [0, 0.05) is 0 Å². The first kappa shape index (κ1) is 14.8. The van der Waals surface area contributed by atoms with Gasteiger partial charge < -0.3 is 0 Å². The maximum absolute atomic E-state index is 6.26. The van der Waals surface area contributed by atoms with Crippen LogP contribution in [0.15, 0.2) is 11.4 Å². The van der Waals surface area contributed by atoms with Crippen LogP contribution in [0.5, 0.6) is 0 Å². The molecule has 5 heteroatoms. The summed E-state index contributed by atoms with van der Waals surface area (Å²) < 4.78 is 6.67. The van der Waals surface area contributed by atoms with E-state index in [1.165, 1.54) is 10.4 Å². The third-order valence-corrected chi connectivity index (χ3v) is 8.72. The van der Waals surface area contributed by atoms with E-state index in [4.69, 9.17) is 17.7 Å². The first-order chi connectivity index (χ1) is 7.65. The average molecular weight is 368 g/mol. The fourth-order valence-corrected chi connectivity index (χ4v) is 6.49.